The predicted octanol–water partition coefficient (Wildman–Crippen LogP) is 2.80. The van der Waals surface area contributed by atoms with E-state index in [1.54, 1.807) is 0 Å². The molecule has 15 heavy (non-hydrogen) atoms. The van der Waals surface area contributed by atoms with Crippen LogP contribution in [0.3, 0.4) is 0 Å². The molecule has 0 aromatic carbocycles. The zero-order valence-corrected chi connectivity index (χ0v) is 10.7. The molecule has 1 saturated carbocycles. The highest BCUT2D eigenvalue weighted by Crippen LogP contribution is 2.36. The maximum Gasteiger partial charge on any atom is 0.223 e. The lowest BCUT2D eigenvalue weighted by molar-refractivity contribution is -0.126. The average Bonchev–Trinajstić information content (AvgIpc) is 2.98. The Bertz CT molecular complexity index is 214. The molecule has 1 rings (SSSR count). The Morgan fingerprint density at radius 1 is 1.40 bits per heavy atom. The van der Waals surface area contributed by atoms with Crippen molar-refractivity contribution in [2.45, 2.75) is 46.1 Å². The Balaban J connectivity index is 2.38. The second-order valence-electron chi connectivity index (χ2n) is 4.96. The maximum atomic E-state index is 11.9. The van der Waals surface area contributed by atoms with E-state index in [0.29, 0.717) is 17.7 Å². The Morgan fingerprint density at radius 2 is 2.00 bits per heavy atom. The van der Waals surface area contributed by atoms with E-state index < -0.39 is 0 Å². The van der Waals surface area contributed by atoms with Crippen LogP contribution in [0.2, 0.25) is 0 Å². The topological polar surface area (TPSA) is 29.1 Å². The smallest absolute Gasteiger partial charge is 0.223 e. The molecule has 0 saturated heterocycles. The van der Waals surface area contributed by atoms with Crippen molar-refractivity contribution in [1.29, 1.82) is 0 Å². The lowest BCUT2D eigenvalue weighted by Gasteiger charge is -2.23. The molecule has 0 bridgehead atoms. The Kier molecular flexibility index (Phi) is 4.91. The number of hydrogen-bond donors (Lipinski definition) is 1. The quantitative estimate of drug-likeness (QED) is 0.700. The number of alkyl halides is 1. The van der Waals surface area contributed by atoms with Gasteiger partial charge < -0.3 is 5.32 Å². The molecule has 2 nitrogen and oxygen atoms in total. The fraction of sp³-hybridized carbons (Fsp3) is 0.917. The number of carbonyl (C=O) groups excluding carboxylic acids is 1. The number of rotatable bonds is 6. The first-order valence-corrected chi connectivity index (χ1v) is 6.46. The average molecular weight is 232 g/mol. The van der Waals surface area contributed by atoms with Crippen molar-refractivity contribution in [2.24, 2.45) is 17.8 Å². The summed E-state index contributed by atoms with van der Waals surface area (Å²) < 4.78 is 0. The first kappa shape index (κ1) is 12.8. The van der Waals surface area contributed by atoms with Gasteiger partial charge in [0.1, 0.15) is 0 Å². The molecular weight excluding hydrogens is 210 g/mol. The van der Waals surface area contributed by atoms with Gasteiger partial charge in [-0.2, -0.15) is 0 Å². The molecule has 1 aliphatic carbocycles. The molecule has 1 fully saturated rings. The van der Waals surface area contributed by atoms with Crippen molar-refractivity contribution < 1.29 is 4.79 Å². The maximum absolute atomic E-state index is 11.9. The van der Waals surface area contributed by atoms with Crippen LogP contribution >= 0.6 is 11.6 Å². The summed E-state index contributed by atoms with van der Waals surface area (Å²) >= 11 is 5.73. The molecule has 0 heterocycles. The van der Waals surface area contributed by atoms with Crippen molar-refractivity contribution in [1.82, 2.24) is 5.32 Å². The Labute approximate surface area is 97.8 Å². The van der Waals surface area contributed by atoms with Gasteiger partial charge in [0.05, 0.1) is 0 Å². The van der Waals surface area contributed by atoms with Gasteiger partial charge in [0.2, 0.25) is 5.91 Å². The highest BCUT2D eigenvalue weighted by atomic mass is 35.5. The van der Waals surface area contributed by atoms with Gasteiger partial charge in [-0.3, -0.25) is 4.79 Å². The SMILES string of the molecule is CC(C)C(CCCl)NC(=O)C(C)C1CC1. The monoisotopic (exact) mass is 231 g/mol. The fourth-order valence-electron chi connectivity index (χ4n) is 1.81. The van der Waals surface area contributed by atoms with Crippen molar-refractivity contribution in [3.8, 4) is 0 Å². The van der Waals surface area contributed by atoms with Crippen LogP contribution in [0.15, 0.2) is 0 Å². The largest absolute Gasteiger partial charge is 0.353 e. The van der Waals surface area contributed by atoms with Gasteiger partial charge in [-0.05, 0) is 31.1 Å². The van der Waals surface area contributed by atoms with Gasteiger partial charge >= 0.3 is 0 Å². The number of carbonyl (C=O) groups is 1. The molecule has 0 radical (unpaired) electrons. The molecule has 0 aromatic heterocycles. The van der Waals surface area contributed by atoms with Crippen LogP contribution in [0.25, 0.3) is 0 Å². The van der Waals surface area contributed by atoms with Crippen LogP contribution in [0.5, 0.6) is 0 Å². The molecule has 1 amide bonds. The second-order valence-corrected chi connectivity index (χ2v) is 5.34. The van der Waals surface area contributed by atoms with Crippen LogP contribution in [-0.4, -0.2) is 17.8 Å². The Hall–Kier alpha value is -0.240. The molecule has 1 N–H and O–H groups in total. The van der Waals surface area contributed by atoms with Gasteiger partial charge in [-0.25, -0.2) is 0 Å². The first-order valence-electron chi connectivity index (χ1n) is 5.92. The molecular formula is C12H22ClNO. The van der Waals surface area contributed by atoms with E-state index in [9.17, 15) is 4.79 Å². The van der Waals surface area contributed by atoms with Crippen LogP contribution in [-0.2, 0) is 4.79 Å². The summed E-state index contributed by atoms with van der Waals surface area (Å²) in [6, 6.07) is 0.233. The fourth-order valence-corrected chi connectivity index (χ4v) is 2.05. The molecule has 0 spiro atoms. The van der Waals surface area contributed by atoms with E-state index in [1.807, 2.05) is 6.92 Å². The van der Waals surface area contributed by atoms with E-state index in [2.05, 4.69) is 19.2 Å². The van der Waals surface area contributed by atoms with Crippen molar-refractivity contribution >= 4 is 17.5 Å². The van der Waals surface area contributed by atoms with E-state index >= 15 is 0 Å². The van der Waals surface area contributed by atoms with E-state index in [4.69, 9.17) is 11.6 Å². The standard InChI is InChI=1S/C12H22ClNO/c1-8(2)11(6-7-13)14-12(15)9(3)10-4-5-10/h8-11H,4-7H2,1-3H3,(H,14,15). The number of amides is 1. The lowest BCUT2D eigenvalue weighted by Crippen LogP contribution is -2.42. The summed E-state index contributed by atoms with van der Waals surface area (Å²) in [5.41, 5.74) is 0. The summed E-state index contributed by atoms with van der Waals surface area (Å²) in [6.07, 6.45) is 3.30. The van der Waals surface area contributed by atoms with Gasteiger partial charge in [0.15, 0.2) is 0 Å². The van der Waals surface area contributed by atoms with E-state index in [0.717, 1.165) is 6.42 Å². The number of nitrogens with one attached hydrogen (secondary N) is 1. The summed E-state index contributed by atoms with van der Waals surface area (Å²) in [7, 11) is 0. The zero-order valence-electron chi connectivity index (χ0n) is 9.92. The summed E-state index contributed by atoms with van der Waals surface area (Å²) in [4.78, 5) is 11.9. The molecule has 2 unspecified atom stereocenters. The molecule has 2 atom stereocenters. The van der Waals surface area contributed by atoms with Crippen LogP contribution in [0, 0.1) is 17.8 Å². The highest BCUT2D eigenvalue weighted by Gasteiger charge is 2.33. The van der Waals surface area contributed by atoms with Crippen LogP contribution in [0.4, 0.5) is 0 Å². The first-order chi connectivity index (χ1) is 7.06. The summed E-state index contributed by atoms with van der Waals surface area (Å²) in [5.74, 6) is 2.09. The Morgan fingerprint density at radius 3 is 2.40 bits per heavy atom. The third kappa shape index (κ3) is 4.02. The molecule has 3 heteroatoms. The third-order valence-electron chi connectivity index (χ3n) is 3.30. The minimum Gasteiger partial charge on any atom is -0.353 e. The third-order valence-corrected chi connectivity index (χ3v) is 3.51. The van der Waals surface area contributed by atoms with Gasteiger partial charge in [0, 0.05) is 17.8 Å². The van der Waals surface area contributed by atoms with Crippen molar-refractivity contribution in [3.63, 3.8) is 0 Å². The minimum absolute atomic E-state index is 0.182. The van der Waals surface area contributed by atoms with E-state index in [-0.39, 0.29) is 17.9 Å². The van der Waals surface area contributed by atoms with Crippen molar-refractivity contribution in [2.75, 3.05) is 5.88 Å². The van der Waals surface area contributed by atoms with Crippen LogP contribution < -0.4 is 5.32 Å². The van der Waals surface area contributed by atoms with Gasteiger partial charge in [-0.15, -0.1) is 11.6 Å². The lowest BCUT2D eigenvalue weighted by atomic mass is 9.99. The van der Waals surface area contributed by atoms with Crippen molar-refractivity contribution in [3.05, 3.63) is 0 Å². The zero-order chi connectivity index (χ0) is 11.4. The summed E-state index contributed by atoms with van der Waals surface area (Å²) in [6.45, 7) is 6.28. The molecule has 0 aliphatic heterocycles. The normalized spacial score (nSPS) is 20.1. The van der Waals surface area contributed by atoms with Gasteiger partial charge in [-0.1, -0.05) is 20.8 Å². The second kappa shape index (κ2) is 5.74. The van der Waals surface area contributed by atoms with Crippen LogP contribution in [0.1, 0.15) is 40.0 Å². The molecule has 88 valence electrons. The summed E-state index contributed by atoms with van der Waals surface area (Å²) in [5, 5.41) is 3.12. The highest BCUT2D eigenvalue weighted by molar-refractivity contribution is 6.17. The van der Waals surface area contributed by atoms with E-state index in [1.165, 1.54) is 12.8 Å². The number of halogens is 1. The molecule has 1 aliphatic rings. The van der Waals surface area contributed by atoms with Gasteiger partial charge in [0.25, 0.3) is 0 Å². The minimum atomic E-state index is 0.182. The number of hydrogen-bond acceptors (Lipinski definition) is 1. The predicted molar refractivity (Wildman–Crippen MR) is 64.0 cm³/mol. The molecule has 0 aromatic rings.